The molecule has 0 aromatic heterocycles. The molecular formula is C18H38BrO2P. The molecule has 0 atom stereocenters. The van der Waals surface area contributed by atoms with Crippen molar-refractivity contribution >= 4 is 7.26 Å². The monoisotopic (exact) mass is 396 g/mol. The molecule has 22 heavy (non-hydrogen) atoms. The highest BCUT2D eigenvalue weighted by Gasteiger charge is 2.14. The topological polar surface area (TPSA) is 18.5 Å². The second-order valence-corrected chi connectivity index (χ2v) is 11.6. The molecule has 4 heteroatoms. The fraction of sp³-hybridized carbons (Fsp3) is 0.889. The third kappa shape index (κ3) is 18.6. The molecule has 0 rings (SSSR count). The number of unbranched alkanes of at least 4 members (excludes halogenated alkanes) is 4. The third-order valence-corrected chi connectivity index (χ3v) is 5.04. The summed E-state index contributed by atoms with van der Waals surface area (Å²) in [6.07, 6.45) is 14.8. The number of rotatable bonds is 14. The average molecular weight is 397 g/mol. The SMILES string of the molecule is CCOC(CCCCC/C=C\CCC[P+](C)(C)C)OCC.[Br-]. The minimum absolute atomic E-state index is 0. The van der Waals surface area contributed by atoms with Crippen LogP contribution >= 0.6 is 7.26 Å². The van der Waals surface area contributed by atoms with Crippen LogP contribution < -0.4 is 17.0 Å². The molecule has 0 aliphatic rings. The Morgan fingerprint density at radius 3 is 1.86 bits per heavy atom. The zero-order chi connectivity index (χ0) is 16.0. The zero-order valence-electron chi connectivity index (χ0n) is 15.4. The van der Waals surface area contributed by atoms with Gasteiger partial charge in [0, 0.05) is 40.5 Å². The quantitative estimate of drug-likeness (QED) is 0.194. The van der Waals surface area contributed by atoms with Crippen LogP contribution in [0.4, 0.5) is 0 Å². The van der Waals surface area contributed by atoms with Crippen LogP contribution in [-0.4, -0.2) is 45.7 Å². The summed E-state index contributed by atoms with van der Waals surface area (Å²) < 4.78 is 11.1. The predicted molar refractivity (Wildman–Crippen MR) is 98.1 cm³/mol. The standard InChI is InChI=1S/C18H38O2P.BrH/c1-6-19-18(20-7-2)16-14-12-10-8-9-11-13-15-17-21(3,4)5;/h9,11,18H,6-8,10,12-17H2,1-5H3;1H/q+1;/p-1/b11-9-;. The minimum Gasteiger partial charge on any atom is -1.00 e. The highest BCUT2D eigenvalue weighted by Crippen LogP contribution is 2.47. The van der Waals surface area contributed by atoms with Crippen molar-refractivity contribution < 1.29 is 26.5 Å². The first kappa shape index (κ1) is 24.8. The first-order valence-corrected chi connectivity index (χ1v) is 12.0. The molecule has 0 heterocycles. The molecule has 0 radical (unpaired) electrons. The maximum atomic E-state index is 5.55. The maximum Gasteiger partial charge on any atom is 0.157 e. The van der Waals surface area contributed by atoms with Crippen molar-refractivity contribution in [3.8, 4) is 0 Å². The van der Waals surface area contributed by atoms with Crippen molar-refractivity contribution in [2.75, 3.05) is 39.4 Å². The lowest BCUT2D eigenvalue weighted by molar-refractivity contribution is -0.140. The van der Waals surface area contributed by atoms with Gasteiger partial charge >= 0.3 is 0 Å². The normalized spacial score (nSPS) is 12.1. The Morgan fingerprint density at radius 2 is 1.36 bits per heavy atom. The highest BCUT2D eigenvalue weighted by molar-refractivity contribution is 7.73. The molecule has 134 valence electrons. The van der Waals surface area contributed by atoms with Gasteiger partial charge in [-0.2, -0.15) is 0 Å². The molecule has 0 aliphatic carbocycles. The molecule has 0 fully saturated rings. The summed E-state index contributed by atoms with van der Waals surface area (Å²) in [5.41, 5.74) is 0. The molecule has 0 unspecified atom stereocenters. The van der Waals surface area contributed by atoms with Gasteiger partial charge in [-0.3, -0.25) is 0 Å². The number of hydrogen-bond donors (Lipinski definition) is 0. The van der Waals surface area contributed by atoms with E-state index in [0.29, 0.717) is 0 Å². The molecule has 0 N–H and O–H groups in total. The van der Waals surface area contributed by atoms with Crippen LogP contribution in [0.5, 0.6) is 0 Å². The Balaban J connectivity index is 0. The van der Waals surface area contributed by atoms with Crippen LogP contribution in [0.25, 0.3) is 0 Å². The van der Waals surface area contributed by atoms with E-state index in [2.05, 4.69) is 32.1 Å². The number of ether oxygens (including phenoxy) is 2. The van der Waals surface area contributed by atoms with Gasteiger partial charge < -0.3 is 26.5 Å². The van der Waals surface area contributed by atoms with Crippen molar-refractivity contribution in [3.05, 3.63) is 12.2 Å². The number of hydrogen-bond acceptors (Lipinski definition) is 2. The second kappa shape index (κ2) is 16.4. The van der Waals surface area contributed by atoms with Crippen molar-refractivity contribution in [2.45, 2.75) is 65.1 Å². The summed E-state index contributed by atoms with van der Waals surface area (Å²) in [5, 5.41) is 0. The Morgan fingerprint density at radius 1 is 0.818 bits per heavy atom. The Bertz CT molecular complexity index is 246. The van der Waals surface area contributed by atoms with Crippen LogP contribution in [-0.2, 0) is 9.47 Å². The van der Waals surface area contributed by atoms with Crippen LogP contribution in [0.15, 0.2) is 12.2 Å². The van der Waals surface area contributed by atoms with Crippen LogP contribution in [0.1, 0.15) is 58.8 Å². The fourth-order valence-electron chi connectivity index (χ4n) is 2.26. The van der Waals surface area contributed by atoms with Gasteiger partial charge in [-0.15, -0.1) is 0 Å². The van der Waals surface area contributed by atoms with Crippen LogP contribution in [0, 0.1) is 0 Å². The molecule has 0 saturated heterocycles. The van der Waals surface area contributed by atoms with Gasteiger partial charge in [0.2, 0.25) is 0 Å². The predicted octanol–water partition coefficient (Wildman–Crippen LogP) is 2.58. The molecule has 0 spiro atoms. The highest BCUT2D eigenvalue weighted by atomic mass is 79.9. The Hall–Kier alpha value is 0.570. The lowest BCUT2D eigenvalue weighted by Gasteiger charge is -2.16. The van der Waals surface area contributed by atoms with E-state index in [-0.39, 0.29) is 23.3 Å². The lowest BCUT2D eigenvalue weighted by atomic mass is 10.1. The van der Waals surface area contributed by atoms with E-state index < -0.39 is 7.26 Å². The summed E-state index contributed by atoms with van der Waals surface area (Å²) >= 11 is 0. The van der Waals surface area contributed by atoms with Crippen molar-refractivity contribution in [1.82, 2.24) is 0 Å². The summed E-state index contributed by atoms with van der Waals surface area (Å²) in [5.74, 6) is 0. The van der Waals surface area contributed by atoms with E-state index in [1.54, 1.807) is 0 Å². The van der Waals surface area contributed by atoms with Crippen molar-refractivity contribution in [3.63, 3.8) is 0 Å². The zero-order valence-corrected chi connectivity index (χ0v) is 17.9. The van der Waals surface area contributed by atoms with Crippen LogP contribution in [0.2, 0.25) is 0 Å². The van der Waals surface area contributed by atoms with Gasteiger partial charge in [-0.25, -0.2) is 0 Å². The molecule has 0 bridgehead atoms. The molecule has 0 aromatic rings. The van der Waals surface area contributed by atoms with E-state index in [1.165, 1.54) is 44.7 Å². The van der Waals surface area contributed by atoms with E-state index in [1.807, 2.05) is 13.8 Å². The lowest BCUT2D eigenvalue weighted by Crippen LogP contribution is -3.00. The Kier molecular flexibility index (Phi) is 18.5. The number of halogens is 1. The van der Waals surface area contributed by atoms with Gasteiger partial charge in [0.25, 0.3) is 0 Å². The summed E-state index contributed by atoms with van der Waals surface area (Å²) in [7, 11) is -0.565. The Labute approximate surface area is 150 Å². The molecule has 0 aliphatic heterocycles. The molecule has 2 nitrogen and oxygen atoms in total. The molecule has 0 amide bonds. The maximum absolute atomic E-state index is 5.55. The molecule has 0 saturated carbocycles. The summed E-state index contributed by atoms with van der Waals surface area (Å²) in [6, 6.07) is 0. The first-order valence-electron chi connectivity index (χ1n) is 8.68. The van der Waals surface area contributed by atoms with Gasteiger partial charge in [0.1, 0.15) is 0 Å². The van der Waals surface area contributed by atoms with Crippen LogP contribution in [0.3, 0.4) is 0 Å². The van der Waals surface area contributed by atoms with Gasteiger partial charge in [0.15, 0.2) is 6.29 Å². The smallest absolute Gasteiger partial charge is 0.157 e. The van der Waals surface area contributed by atoms with Gasteiger partial charge in [-0.1, -0.05) is 18.6 Å². The fourth-order valence-corrected chi connectivity index (χ4v) is 3.39. The van der Waals surface area contributed by atoms with Gasteiger partial charge in [-0.05, 0) is 52.4 Å². The second-order valence-electron chi connectivity index (χ2n) is 6.61. The van der Waals surface area contributed by atoms with E-state index in [0.717, 1.165) is 19.6 Å². The molecular weight excluding hydrogens is 359 g/mol. The average Bonchev–Trinajstić information content (AvgIpc) is 2.40. The van der Waals surface area contributed by atoms with Gasteiger partial charge in [0.05, 0.1) is 6.16 Å². The molecule has 0 aromatic carbocycles. The van der Waals surface area contributed by atoms with E-state index in [9.17, 15) is 0 Å². The van der Waals surface area contributed by atoms with E-state index in [4.69, 9.17) is 9.47 Å². The first-order chi connectivity index (χ1) is 9.99. The van der Waals surface area contributed by atoms with Crippen molar-refractivity contribution in [2.24, 2.45) is 0 Å². The number of allylic oxidation sites excluding steroid dienone is 2. The van der Waals surface area contributed by atoms with E-state index >= 15 is 0 Å². The summed E-state index contributed by atoms with van der Waals surface area (Å²) in [6.45, 7) is 12.8. The van der Waals surface area contributed by atoms with Crippen molar-refractivity contribution in [1.29, 1.82) is 0 Å². The largest absolute Gasteiger partial charge is 1.00 e. The summed E-state index contributed by atoms with van der Waals surface area (Å²) in [4.78, 5) is 0. The minimum atomic E-state index is -0.565. The third-order valence-electron chi connectivity index (χ3n) is 3.38.